The summed E-state index contributed by atoms with van der Waals surface area (Å²) < 4.78 is 97.2. The third-order valence-electron chi connectivity index (χ3n) is 5.28. The summed E-state index contributed by atoms with van der Waals surface area (Å²) in [7, 11) is 0.900. The maximum atomic E-state index is 14.4. The molecule has 0 bridgehead atoms. The lowest BCUT2D eigenvalue weighted by Crippen LogP contribution is -2.60. The number of hydrogen-bond acceptors (Lipinski definition) is 7. The largest absolute Gasteiger partial charge is 0.453 e. The van der Waals surface area contributed by atoms with Crippen LogP contribution in [0.25, 0.3) is 5.70 Å². The molecule has 0 heterocycles. The van der Waals surface area contributed by atoms with Gasteiger partial charge in [0.2, 0.25) is 5.91 Å². The Morgan fingerprint density at radius 2 is 1.74 bits per heavy atom. The fraction of sp³-hybridized carbons (Fsp3) is 0.500. The van der Waals surface area contributed by atoms with Crippen molar-refractivity contribution in [2.24, 2.45) is 16.1 Å². The molecular weight excluding hydrogens is 531 g/mol. The maximum Gasteiger partial charge on any atom is 0.407 e. The fourth-order valence-corrected chi connectivity index (χ4v) is 2.89. The number of ether oxygens (including phenoxy) is 1. The Balaban J connectivity index is 2.76. The zero-order valence-electron chi connectivity index (χ0n) is 20.5. The van der Waals surface area contributed by atoms with E-state index in [1.807, 2.05) is 5.32 Å². The number of carbonyl (C=O) groups is 2. The van der Waals surface area contributed by atoms with Gasteiger partial charge >= 0.3 is 18.8 Å². The van der Waals surface area contributed by atoms with Crippen LogP contribution in [0, 0.1) is 17.0 Å². The molecule has 0 unspecified atom stereocenters. The van der Waals surface area contributed by atoms with Gasteiger partial charge in [-0.3, -0.25) is 4.79 Å². The summed E-state index contributed by atoms with van der Waals surface area (Å²) in [5.41, 5.74) is 2.07. The lowest BCUT2D eigenvalue weighted by molar-refractivity contribution is -0.220. The first-order chi connectivity index (χ1) is 17.5. The number of carbonyl (C=O) groups excluding carboxylic acids is 2. The molecule has 0 aromatic heterocycles. The van der Waals surface area contributed by atoms with E-state index in [1.54, 1.807) is 0 Å². The molecule has 6 N–H and O–H groups in total. The molecule has 16 heteroatoms. The number of amides is 2. The predicted molar refractivity (Wildman–Crippen MR) is 123 cm³/mol. The summed E-state index contributed by atoms with van der Waals surface area (Å²) in [6.07, 6.45) is -5.95. The zero-order valence-corrected chi connectivity index (χ0v) is 20.5. The van der Waals surface area contributed by atoms with Crippen molar-refractivity contribution in [2.45, 2.75) is 45.3 Å². The number of halogens is 7. The molecule has 1 aromatic carbocycles. The second kappa shape index (κ2) is 13.9. The predicted octanol–water partition coefficient (Wildman–Crippen LogP) is 2.44. The zero-order chi connectivity index (χ0) is 29.3. The second-order valence-corrected chi connectivity index (χ2v) is 8.43. The number of nitrogens with one attached hydrogen (secondary N) is 3. The average Bonchev–Trinajstić information content (AvgIpc) is 2.81. The number of methoxy groups -OCH3 is 1. The lowest BCUT2D eigenvalue weighted by atomic mass is 9.83. The molecule has 2 atom stereocenters. The fourth-order valence-electron chi connectivity index (χ4n) is 2.89. The average molecular weight is 559 g/mol. The summed E-state index contributed by atoms with van der Waals surface area (Å²) >= 11 is 0. The van der Waals surface area contributed by atoms with Gasteiger partial charge in [-0.1, -0.05) is 0 Å². The van der Waals surface area contributed by atoms with E-state index in [1.165, 1.54) is 0 Å². The van der Waals surface area contributed by atoms with Gasteiger partial charge in [0.15, 0.2) is 0 Å². The highest BCUT2D eigenvalue weighted by atomic mass is 19.4. The van der Waals surface area contributed by atoms with Crippen LogP contribution in [0.15, 0.2) is 23.2 Å². The van der Waals surface area contributed by atoms with Crippen molar-refractivity contribution in [3.8, 4) is 0 Å². The third kappa shape index (κ3) is 9.48. The van der Waals surface area contributed by atoms with Gasteiger partial charge in [-0.15, -0.1) is 0 Å². The Hall–Kier alpha value is -3.40. The van der Waals surface area contributed by atoms with Crippen LogP contribution >= 0.6 is 0 Å². The molecule has 0 saturated heterocycles. The number of hydrogen-bond donors (Lipinski definition) is 5. The van der Waals surface area contributed by atoms with E-state index in [4.69, 9.17) is 5.73 Å². The van der Waals surface area contributed by atoms with Crippen LogP contribution in [0.4, 0.5) is 35.5 Å². The molecule has 2 amide bonds. The van der Waals surface area contributed by atoms with Gasteiger partial charge in [0, 0.05) is 42.7 Å². The van der Waals surface area contributed by atoms with Gasteiger partial charge in [-0.25, -0.2) is 18.6 Å². The molecule has 0 aliphatic rings. The van der Waals surface area contributed by atoms with E-state index < -0.39 is 72.6 Å². The van der Waals surface area contributed by atoms with Gasteiger partial charge in [0.25, 0.3) is 0 Å². The van der Waals surface area contributed by atoms with Gasteiger partial charge < -0.3 is 31.5 Å². The van der Waals surface area contributed by atoms with Crippen LogP contribution in [0.1, 0.15) is 25.0 Å². The third-order valence-corrected chi connectivity index (χ3v) is 5.28. The van der Waals surface area contributed by atoms with Crippen LogP contribution in [-0.2, 0) is 16.1 Å². The van der Waals surface area contributed by atoms with Crippen molar-refractivity contribution in [3.63, 3.8) is 0 Å². The monoisotopic (exact) mass is 559 g/mol. The molecule has 0 saturated carbocycles. The standard InChI is InChI=1S/C22H28F7N5O4/c1-21(2,22(27,28)29)17(34-20(37)38-3)18(36)33-9-12(35)8-31-10-13-14(23)6-11(7-15(13)24)16(30)4-5-32-19(25)26/h4-7,12,17,19,31,35H,8-10,30H2,1-3H3,(H,33,36)(H,34,37)/t12-,17+/m0/s1. The number of alkyl halides is 5. The Morgan fingerprint density at radius 3 is 2.24 bits per heavy atom. The van der Waals surface area contributed by atoms with Crippen molar-refractivity contribution in [1.29, 1.82) is 0 Å². The molecule has 38 heavy (non-hydrogen) atoms. The molecule has 0 aliphatic heterocycles. The van der Waals surface area contributed by atoms with Crippen molar-refractivity contribution in [2.75, 3.05) is 20.2 Å². The number of allylic oxidation sites excluding steroid dienone is 1. The number of nitrogens with two attached hydrogens (primary N) is 1. The number of aliphatic imine (C=N–C) groups is 1. The molecule has 1 aromatic rings. The minimum atomic E-state index is -4.89. The van der Waals surface area contributed by atoms with Crippen LogP contribution in [0.2, 0.25) is 0 Å². The van der Waals surface area contributed by atoms with Gasteiger partial charge in [-0.2, -0.15) is 22.0 Å². The normalized spacial score (nSPS) is 14.5. The first-order valence-corrected chi connectivity index (χ1v) is 10.8. The van der Waals surface area contributed by atoms with Crippen molar-refractivity contribution in [1.82, 2.24) is 16.0 Å². The molecule has 0 spiro atoms. The van der Waals surface area contributed by atoms with E-state index in [2.05, 4.69) is 20.4 Å². The van der Waals surface area contributed by atoms with Crippen molar-refractivity contribution < 1.29 is 50.2 Å². The van der Waals surface area contributed by atoms with Crippen LogP contribution < -0.4 is 21.7 Å². The van der Waals surface area contributed by atoms with E-state index in [0.717, 1.165) is 25.3 Å². The van der Waals surface area contributed by atoms with Gasteiger partial charge in [0.1, 0.15) is 17.7 Å². The number of nitrogens with zero attached hydrogens (tertiary/aromatic N) is 1. The Bertz CT molecular complexity index is 1010. The topological polar surface area (TPSA) is 138 Å². The van der Waals surface area contributed by atoms with Crippen molar-refractivity contribution in [3.05, 3.63) is 41.0 Å². The molecule has 0 radical (unpaired) electrons. The van der Waals surface area contributed by atoms with Gasteiger partial charge in [-0.05, 0) is 32.1 Å². The molecule has 9 nitrogen and oxygen atoms in total. The molecule has 214 valence electrons. The van der Waals surface area contributed by atoms with Gasteiger partial charge in [0.05, 0.1) is 18.6 Å². The number of rotatable bonds is 12. The molecular formula is C22H28F7N5O4. The highest BCUT2D eigenvalue weighted by molar-refractivity contribution is 5.86. The summed E-state index contributed by atoms with van der Waals surface area (Å²) in [5, 5.41) is 16.5. The minimum absolute atomic E-state index is 0.135. The second-order valence-electron chi connectivity index (χ2n) is 8.43. The summed E-state index contributed by atoms with van der Waals surface area (Å²) in [4.78, 5) is 26.6. The first kappa shape index (κ1) is 32.6. The Morgan fingerprint density at radius 1 is 1.16 bits per heavy atom. The number of aliphatic hydroxyl groups is 1. The summed E-state index contributed by atoms with van der Waals surface area (Å²) in [6.45, 7) is -2.93. The highest BCUT2D eigenvalue weighted by Crippen LogP contribution is 2.40. The van der Waals surface area contributed by atoms with E-state index in [9.17, 15) is 45.4 Å². The van der Waals surface area contributed by atoms with Crippen LogP contribution in [0.3, 0.4) is 0 Å². The molecule has 1 rings (SSSR count). The Kier molecular flexibility index (Phi) is 12.0. The van der Waals surface area contributed by atoms with Crippen LogP contribution in [0.5, 0.6) is 0 Å². The minimum Gasteiger partial charge on any atom is -0.453 e. The molecule has 0 fully saturated rings. The SMILES string of the molecule is COC(=O)N[C@H](C(=O)NC[C@@H](O)CNCc1c(F)cc(C(N)=CC=NC(F)F)cc1F)C(C)(C)C(F)(F)F. The lowest BCUT2D eigenvalue weighted by Gasteiger charge is -2.35. The Labute approximate surface area is 213 Å². The van der Waals surface area contributed by atoms with E-state index in [-0.39, 0.29) is 17.8 Å². The van der Waals surface area contributed by atoms with E-state index >= 15 is 0 Å². The smallest absolute Gasteiger partial charge is 0.407 e. The first-order valence-electron chi connectivity index (χ1n) is 10.8. The number of benzene rings is 1. The van der Waals surface area contributed by atoms with Crippen molar-refractivity contribution >= 4 is 23.9 Å². The van der Waals surface area contributed by atoms with E-state index in [0.29, 0.717) is 20.1 Å². The highest BCUT2D eigenvalue weighted by Gasteiger charge is 2.55. The number of alkyl carbamates (subject to hydrolysis) is 1. The number of aliphatic hydroxyl groups excluding tert-OH is 1. The molecule has 0 aliphatic carbocycles. The maximum absolute atomic E-state index is 14.4. The van der Waals surface area contributed by atoms with Crippen LogP contribution in [-0.4, -0.2) is 68.4 Å². The quantitative estimate of drug-likeness (QED) is 0.152. The summed E-state index contributed by atoms with van der Waals surface area (Å²) in [5.74, 6) is -3.33. The summed E-state index contributed by atoms with van der Waals surface area (Å²) in [6, 6.07) is -0.384.